The largest absolute Gasteiger partial charge is 0.306 e. The van der Waals surface area contributed by atoms with Crippen LogP contribution in [0.5, 0.6) is 0 Å². The monoisotopic (exact) mass is 625 g/mol. The summed E-state index contributed by atoms with van der Waals surface area (Å²) in [7, 11) is 0. The van der Waals surface area contributed by atoms with Crippen molar-refractivity contribution in [2.24, 2.45) is 0 Å². The summed E-state index contributed by atoms with van der Waals surface area (Å²) in [6.45, 7) is 8.87. The molecule has 0 saturated carbocycles. The average Bonchev–Trinajstić information content (AvgIpc) is 3.11. The molecule has 6 aromatic carbocycles. The number of rotatable bonds is 4. The van der Waals surface area contributed by atoms with E-state index >= 15 is 0 Å². The van der Waals surface area contributed by atoms with Crippen LogP contribution in [0, 0.1) is 12.7 Å². The molecule has 8 rings (SSSR count). The van der Waals surface area contributed by atoms with E-state index in [9.17, 15) is 4.39 Å². The summed E-state index contributed by atoms with van der Waals surface area (Å²) >= 11 is 0. The lowest BCUT2D eigenvalue weighted by molar-refractivity contribution is 0.590. The van der Waals surface area contributed by atoms with E-state index in [0.29, 0.717) is 0 Å². The van der Waals surface area contributed by atoms with Crippen LogP contribution in [0.15, 0.2) is 146 Å². The first-order chi connectivity index (χ1) is 23.3. The lowest BCUT2D eigenvalue weighted by atomic mass is 9.85. The number of pyridine rings is 1. The Bertz CT molecular complexity index is 2240. The van der Waals surface area contributed by atoms with Gasteiger partial charge in [0.25, 0.3) is 0 Å². The zero-order valence-corrected chi connectivity index (χ0v) is 27.6. The van der Waals surface area contributed by atoms with E-state index in [-0.39, 0.29) is 11.2 Å². The number of nitrogens with zero attached hydrogens (tertiary/aromatic N) is 3. The van der Waals surface area contributed by atoms with Crippen molar-refractivity contribution < 1.29 is 4.39 Å². The third-order valence-electron chi connectivity index (χ3n) is 9.33. The van der Waals surface area contributed by atoms with E-state index in [1.54, 1.807) is 0 Å². The highest BCUT2D eigenvalue weighted by molar-refractivity contribution is 6.10. The molecular weight excluding hydrogens is 590 g/mol. The molecule has 0 N–H and O–H groups in total. The van der Waals surface area contributed by atoms with Crippen LogP contribution in [0.3, 0.4) is 0 Å². The smallest absolute Gasteiger partial charge is 0.123 e. The fourth-order valence-corrected chi connectivity index (χ4v) is 6.88. The van der Waals surface area contributed by atoms with Crippen molar-refractivity contribution in [3.63, 3.8) is 0 Å². The molecule has 0 spiro atoms. The molecule has 1 aromatic heterocycles. The average molecular weight is 626 g/mol. The van der Waals surface area contributed by atoms with Crippen molar-refractivity contribution >= 4 is 45.0 Å². The highest BCUT2D eigenvalue weighted by Crippen LogP contribution is 2.55. The third kappa shape index (κ3) is 5.01. The lowest BCUT2D eigenvalue weighted by Crippen LogP contribution is -2.24. The van der Waals surface area contributed by atoms with Gasteiger partial charge >= 0.3 is 0 Å². The second-order valence-electron chi connectivity index (χ2n) is 13.5. The Morgan fingerprint density at radius 3 is 1.67 bits per heavy atom. The van der Waals surface area contributed by atoms with Gasteiger partial charge in [-0.25, -0.2) is 9.37 Å². The maximum absolute atomic E-state index is 14.1. The van der Waals surface area contributed by atoms with Gasteiger partial charge in [0, 0.05) is 16.6 Å². The van der Waals surface area contributed by atoms with Crippen LogP contribution in [0.1, 0.15) is 31.9 Å². The summed E-state index contributed by atoms with van der Waals surface area (Å²) < 4.78 is 14.1. The van der Waals surface area contributed by atoms with Crippen LogP contribution in [0.4, 0.5) is 38.5 Å². The minimum absolute atomic E-state index is 0.0455. The van der Waals surface area contributed by atoms with Crippen LogP contribution in [0.2, 0.25) is 0 Å². The van der Waals surface area contributed by atoms with Crippen LogP contribution >= 0.6 is 0 Å². The molecule has 1 aliphatic heterocycles. The second-order valence-corrected chi connectivity index (χ2v) is 13.5. The Labute approximate surface area is 281 Å². The van der Waals surface area contributed by atoms with Gasteiger partial charge in [0.1, 0.15) is 5.82 Å². The Balaban J connectivity index is 1.42. The molecule has 3 nitrogen and oxygen atoms in total. The van der Waals surface area contributed by atoms with Gasteiger partial charge in [-0.2, -0.15) is 0 Å². The summed E-state index contributed by atoms with van der Waals surface area (Å²) in [5.74, 6) is -0.265. The number of hydrogen-bond donors (Lipinski definition) is 0. The van der Waals surface area contributed by atoms with Gasteiger partial charge in [-0.05, 0) is 107 Å². The molecule has 0 fully saturated rings. The van der Waals surface area contributed by atoms with Crippen molar-refractivity contribution in [1.82, 2.24) is 4.98 Å². The third-order valence-corrected chi connectivity index (χ3v) is 9.33. The van der Waals surface area contributed by atoms with Crippen molar-refractivity contribution in [2.75, 3.05) is 9.80 Å². The first kappa shape index (κ1) is 29.6. The number of aromatic nitrogens is 1. The fraction of sp³-hybridized carbons (Fsp3) is 0.114. The highest BCUT2D eigenvalue weighted by atomic mass is 19.1. The molecule has 0 saturated heterocycles. The highest BCUT2D eigenvalue weighted by Gasteiger charge is 2.31. The zero-order valence-electron chi connectivity index (χ0n) is 27.6. The van der Waals surface area contributed by atoms with Gasteiger partial charge in [-0.3, -0.25) is 0 Å². The summed E-state index contributed by atoms with van der Waals surface area (Å²) in [6.07, 6.45) is 0. The molecule has 48 heavy (non-hydrogen) atoms. The number of hydrogen-bond acceptors (Lipinski definition) is 3. The van der Waals surface area contributed by atoms with E-state index in [2.05, 4.69) is 159 Å². The van der Waals surface area contributed by atoms with Crippen molar-refractivity contribution in [3.8, 4) is 22.4 Å². The Morgan fingerprint density at radius 1 is 0.542 bits per heavy atom. The Hall–Kier alpha value is -5.74. The van der Waals surface area contributed by atoms with Gasteiger partial charge in [0.2, 0.25) is 0 Å². The van der Waals surface area contributed by atoms with Crippen molar-refractivity contribution in [3.05, 3.63) is 163 Å². The minimum Gasteiger partial charge on any atom is -0.306 e. The van der Waals surface area contributed by atoms with E-state index in [4.69, 9.17) is 4.98 Å². The summed E-state index contributed by atoms with van der Waals surface area (Å²) in [6, 6.07) is 49.7. The summed E-state index contributed by atoms with van der Waals surface area (Å²) in [4.78, 5) is 10.1. The predicted octanol–water partition coefficient (Wildman–Crippen LogP) is 12.6. The Kier molecular flexibility index (Phi) is 7.10. The second kappa shape index (κ2) is 11.5. The van der Waals surface area contributed by atoms with Crippen molar-refractivity contribution in [2.45, 2.75) is 33.1 Å². The molecule has 0 radical (unpaired) electrons. The van der Waals surface area contributed by atoms with E-state index < -0.39 is 0 Å². The van der Waals surface area contributed by atoms with Crippen LogP contribution in [-0.4, -0.2) is 4.98 Å². The van der Waals surface area contributed by atoms with Crippen LogP contribution in [0.25, 0.3) is 33.3 Å². The Morgan fingerprint density at radius 2 is 1.08 bits per heavy atom. The normalized spacial score (nSPS) is 12.6. The topological polar surface area (TPSA) is 19.4 Å². The summed E-state index contributed by atoms with van der Waals surface area (Å²) in [5.41, 5.74) is 13.6. The number of para-hydroxylation sites is 5. The molecule has 0 unspecified atom stereocenters. The SMILES string of the molecule is Cc1ccc(N2c3ccccc3N(c3ccccc3)c3ccccc32)c2nc(-c3ccc(F)cc3)cc(-c3ccc(C(C)(C)C)cc3)c12. The molecule has 0 bridgehead atoms. The number of fused-ring (bicyclic) bond motifs is 3. The molecule has 7 aromatic rings. The van der Waals surface area contributed by atoms with Gasteiger partial charge in [-0.1, -0.05) is 93.6 Å². The number of benzene rings is 6. The van der Waals surface area contributed by atoms with E-state index in [1.165, 1.54) is 17.7 Å². The zero-order chi connectivity index (χ0) is 33.0. The van der Waals surface area contributed by atoms with Crippen molar-refractivity contribution in [1.29, 1.82) is 0 Å². The minimum atomic E-state index is -0.265. The van der Waals surface area contributed by atoms with Crippen LogP contribution < -0.4 is 9.80 Å². The maximum Gasteiger partial charge on any atom is 0.123 e. The molecule has 234 valence electrons. The fourth-order valence-electron chi connectivity index (χ4n) is 6.88. The molecule has 2 heterocycles. The van der Waals surface area contributed by atoms with Crippen LogP contribution in [-0.2, 0) is 5.41 Å². The van der Waals surface area contributed by atoms with Gasteiger partial charge in [-0.15, -0.1) is 0 Å². The molecule has 1 aliphatic rings. The van der Waals surface area contributed by atoms with E-state index in [0.717, 1.165) is 73.0 Å². The molecule has 0 amide bonds. The number of aryl methyl sites for hydroxylation is 1. The first-order valence-corrected chi connectivity index (χ1v) is 16.4. The van der Waals surface area contributed by atoms with Gasteiger partial charge in [0.15, 0.2) is 0 Å². The van der Waals surface area contributed by atoms with Gasteiger partial charge < -0.3 is 9.80 Å². The molecule has 4 heteroatoms. The predicted molar refractivity (Wildman–Crippen MR) is 199 cm³/mol. The number of anilines is 6. The maximum atomic E-state index is 14.1. The standard InChI is InChI=1S/C44H36FN3/c1-29-18-27-41(48-39-16-10-8-14-37(39)47(34-12-6-5-7-13-34)38-15-9-11-17-40(38)48)43-42(29)35(30-19-23-32(24-20-30)44(2,3)4)28-36(46-43)31-21-25-33(45)26-22-31/h5-28H,1-4H3. The van der Waals surface area contributed by atoms with E-state index in [1.807, 2.05) is 12.1 Å². The molecule has 0 atom stereocenters. The lowest BCUT2D eigenvalue weighted by Gasteiger charge is -2.40. The first-order valence-electron chi connectivity index (χ1n) is 16.4. The molecular formula is C44H36FN3. The number of halogens is 1. The quantitative estimate of drug-likeness (QED) is 0.194. The summed E-state index contributed by atoms with van der Waals surface area (Å²) in [5, 5.41) is 1.10. The molecule has 0 aliphatic carbocycles. The van der Waals surface area contributed by atoms with Gasteiger partial charge in [0.05, 0.1) is 39.6 Å².